The predicted molar refractivity (Wildman–Crippen MR) is 92.9 cm³/mol. The van der Waals surface area contributed by atoms with Crippen molar-refractivity contribution >= 4 is 24.1 Å². The fourth-order valence-electron chi connectivity index (χ4n) is 3.12. The zero-order valence-electron chi connectivity index (χ0n) is 13.4. The van der Waals surface area contributed by atoms with E-state index in [0.29, 0.717) is 25.1 Å². The molecule has 1 saturated heterocycles. The molecule has 0 radical (unpaired) electrons. The van der Waals surface area contributed by atoms with Crippen molar-refractivity contribution in [2.45, 2.75) is 12.3 Å². The molecule has 0 spiro atoms. The van der Waals surface area contributed by atoms with Gasteiger partial charge in [0.25, 0.3) is 5.69 Å². The highest BCUT2D eigenvalue weighted by Crippen LogP contribution is 2.38. The number of nitro groups is 1. The Bertz CT molecular complexity index is 870. The summed E-state index contributed by atoms with van der Waals surface area (Å²) < 4.78 is 27.6. The Kier molecular flexibility index (Phi) is 5.89. The minimum Gasteiger partial charge on any atom is -0.478 e. The molecule has 26 heavy (non-hydrogen) atoms. The van der Waals surface area contributed by atoms with Gasteiger partial charge in [-0.25, -0.2) is 13.6 Å². The van der Waals surface area contributed by atoms with Gasteiger partial charge in [-0.05, 0) is 48.7 Å². The summed E-state index contributed by atoms with van der Waals surface area (Å²) in [6, 6.07) is 4.79. The lowest BCUT2D eigenvalue weighted by Gasteiger charge is -2.15. The van der Waals surface area contributed by atoms with E-state index in [1.54, 1.807) is 0 Å². The van der Waals surface area contributed by atoms with Crippen molar-refractivity contribution in [1.82, 2.24) is 5.32 Å². The molecule has 3 rings (SSSR count). The largest absolute Gasteiger partial charge is 0.478 e. The number of rotatable bonds is 4. The summed E-state index contributed by atoms with van der Waals surface area (Å²) in [6.07, 6.45) is 0.644. The molecule has 0 amide bonds. The third-order valence-corrected chi connectivity index (χ3v) is 4.31. The highest BCUT2D eigenvalue weighted by atomic mass is 35.5. The molecule has 1 atom stereocenters. The second-order valence-electron chi connectivity index (χ2n) is 5.83. The molecule has 0 bridgehead atoms. The Morgan fingerprint density at radius 3 is 2.54 bits per heavy atom. The fourth-order valence-corrected chi connectivity index (χ4v) is 3.12. The van der Waals surface area contributed by atoms with Crippen LogP contribution in [-0.4, -0.2) is 29.1 Å². The molecule has 0 aromatic heterocycles. The molecule has 2 N–H and O–H groups in total. The molecular weight excluding hydrogens is 370 g/mol. The average Bonchev–Trinajstić information content (AvgIpc) is 3.10. The molecule has 1 heterocycles. The Balaban J connectivity index is 0.00000243. The maximum Gasteiger partial charge on any atom is 0.336 e. The Labute approximate surface area is 153 Å². The van der Waals surface area contributed by atoms with Crippen LogP contribution in [0.4, 0.5) is 14.5 Å². The number of halogens is 3. The van der Waals surface area contributed by atoms with Crippen LogP contribution in [0.25, 0.3) is 11.1 Å². The van der Waals surface area contributed by atoms with Gasteiger partial charge in [0.1, 0.15) is 11.6 Å². The first-order chi connectivity index (χ1) is 11.9. The van der Waals surface area contributed by atoms with Gasteiger partial charge in [0.2, 0.25) is 0 Å². The average molecular weight is 385 g/mol. The summed E-state index contributed by atoms with van der Waals surface area (Å²) in [5, 5.41) is 24.0. The molecule has 1 fully saturated rings. The van der Waals surface area contributed by atoms with E-state index >= 15 is 0 Å². The van der Waals surface area contributed by atoms with Crippen molar-refractivity contribution < 1.29 is 23.6 Å². The third-order valence-electron chi connectivity index (χ3n) is 4.31. The summed E-state index contributed by atoms with van der Waals surface area (Å²) in [4.78, 5) is 22.4. The van der Waals surface area contributed by atoms with Crippen LogP contribution in [0.1, 0.15) is 28.3 Å². The molecule has 1 aliphatic rings. The molecule has 1 unspecified atom stereocenters. The number of carboxylic acids is 1. The first-order valence-corrected chi connectivity index (χ1v) is 7.60. The van der Waals surface area contributed by atoms with Gasteiger partial charge in [0, 0.05) is 18.2 Å². The number of hydrogen-bond acceptors (Lipinski definition) is 4. The van der Waals surface area contributed by atoms with E-state index in [1.165, 1.54) is 6.07 Å². The Hall–Kier alpha value is -2.58. The lowest BCUT2D eigenvalue weighted by Crippen LogP contribution is -2.12. The molecule has 9 heteroatoms. The second kappa shape index (κ2) is 7.76. The predicted octanol–water partition coefficient (Wildman–Crippen LogP) is 3.74. The zero-order chi connectivity index (χ0) is 18.1. The molecule has 0 aliphatic carbocycles. The summed E-state index contributed by atoms with van der Waals surface area (Å²) in [7, 11) is 0. The Morgan fingerprint density at radius 2 is 1.96 bits per heavy atom. The van der Waals surface area contributed by atoms with Crippen molar-refractivity contribution in [3.8, 4) is 11.1 Å². The van der Waals surface area contributed by atoms with E-state index < -0.39 is 28.2 Å². The molecule has 1 aliphatic heterocycles. The topological polar surface area (TPSA) is 92.5 Å². The van der Waals surface area contributed by atoms with Crippen molar-refractivity contribution in [3.05, 3.63) is 63.2 Å². The van der Waals surface area contributed by atoms with Gasteiger partial charge in [-0.3, -0.25) is 10.1 Å². The third kappa shape index (κ3) is 3.66. The van der Waals surface area contributed by atoms with Crippen LogP contribution in [-0.2, 0) is 0 Å². The monoisotopic (exact) mass is 384 g/mol. The fraction of sp³-hybridized carbons (Fsp3) is 0.235. The van der Waals surface area contributed by atoms with Crippen molar-refractivity contribution in [2.75, 3.05) is 13.1 Å². The van der Waals surface area contributed by atoms with Crippen LogP contribution in [0.3, 0.4) is 0 Å². The van der Waals surface area contributed by atoms with E-state index in [-0.39, 0.29) is 35.0 Å². The maximum absolute atomic E-state index is 14.1. The van der Waals surface area contributed by atoms with Crippen LogP contribution in [0.15, 0.2) is 30.3 Å². The number of nitro benzene ring substituents is 1. The van der Waals surface area contributed by atoms with E-state index in [0.717, 1.165) is 24.3 Å². The zero-order valence-corrected chi connectivity index (χ0v) is 14.2. The first kappa shape index (κ1) is 19.7. The number of nitrogens with zero attached hydrogens (tertiary/aromatic N) is 1. The number of benzene rings is 2. The van der Waals surface area contributed by atoms with Crippen LogP contribution in [0, 0.1) is 21.7 Å². The highest BCUT2D eigenvalue weighted by molar-refractivity contribution is 5.93. The standard InChI is InChI=1S/C17H14F2N2O4.ClH/c18-10-1-2-15(19)12(5-10)13-6-14(17(22)23)11(7-16(13)21(24)25)9-3-4-20-8-9;/h1-2,5-7,9,20H,3-4,8H2,(H,22,23);1H. The van der Waals surface area contributed by atoms with Gasteiger partial charge in [-0.2, -0.15) is 0 Å². The second-order valence-corrected chi connectivity index (χ2v) is 5.83. The normalized spacial score (nSPS) is 16.2. The van der Waals surface area contributed by atoms with Crippen molar-refractivity contribution in [3.63, 3.8) is 0 Å². The number of carbonyl (C=O) groups is 1. The number of hydrogen-bond donors (Lipinski definition) is 2. The molecule has 138 valence electrons. The summed E-state index contributed by atoms with van der Waals surface area (Å²) in [5.41, 5.74) is -0.862. The van der Waals surface area contributed by atoms with Crippen molar-refractivity contribution in [2.24, 2.45) is 0 Å². The minimum absolute atomic E-state index is 0. The maximum atomic E-state index is 14.1. The lowest BCUT2D eigenvalue weighted by atomic mass is 9.89. The van der Waals surface area contributed by atoms with Crippen LogP contribution >= 0.6 is 12.4 Å². The molecular formula is C17H15ClF2N2O4. The van der Waals surface area contributed by atoms with Gasteiger partial charge in [0.15, 0.2) is 0 Å². The Morgan fingerprint density at radius 1 is 1.23 bits per heavy atom. The molecule has 2 aromatic rings. The molecule has 0 saturated carbocycles. The number of carboxylic acid groups (broad SMARTS) is 1. The summed E-state index contributed by atoms with van der Waals surface area (Å²) in [5.74, 6) is -3.09. The summed E-state index contributed by atoms with van der Waals surface area (Å²) >= 11 is 0. The van der Waals surface area contributed by atoms with Crippen LogP contribution in [0.5, 0.6) is 0 Å². The highest BCUT2D eigenvalue weighted by Gasteiger charge is 2.29. The SMILES string of the molecule is Cl.O=C(O)c1cc(-c2cc(F)ccc2F)c([N+](=O)[O-])cc1C1CCNC1. The van der Waals surface area contributed by atoms with Gasteiger partial charge in [0.05, 0.1) is 16.1 Å². The van der Waals surface area contributed by atoms with Crippen molar-refractivity contribution in [1.29, 1.82) is 0 Å². The lowest BCUT2D eigenvalue weighted by molar-refractivity contribution is -0.384. The minimum atomic E-state index is -1.27. The van der Waals surface area contributed by atoms with E-state index in [1.807, 2.05) is 0 Å². The first-order valence-electron chi connectivity index (χ1n) is 7.60. The van der Waals surface area contributed by atoms with E-state index in [2.05, 4.69) is 5.32 Å². The quantitative estimate of drug-likeness (QED) is 0.618. The number of nitrogens with one attached hydrogen (secondary N) is 1. The van der Waals surface area contributed by atoms with Crippen LogP contribution in [0.2, 0.25) is 0 Å². The van der Waals surface area contributed by atoms with Gasteiger partial charge < -0.3 is 10.4 Å². The van der Waals surface area contributed by atoms with E-state index in [4.69, 9.17) is 0 Å². The van der Waals surface area contributed by atoms with Crippen LogP contribution < -0.4 is 5.32 Å². The van der Waals surface area contributed by atoms with Gasteiger partial charge >= 0.3 is 5.97 Å². The molecule has 2 aromatic carbocycles. The smallest absolute Gasteiger partial charge is 0.336 e. The molecule has 6 nitrogen and oxygen atoms in total. The van der Waals surface area contributed by atoms with Gasteiger partial charge in [-0.15, -0.1) is 12.4 Å². The van der Waals surface area contributed by atoms with Gasteiger partial charge in [-0.1, -0.05) is 0 Å². The number of aromatic carboxylic acids is 1. The van der Waals surface area contributed by atoms with E-state index in [9.17, 15) is 28.8 Å². The summed E-state index contributed by atoms with van der Waals surface area (Å²) in [6.45, 7) is 1.18.